The number of aliphatic carboxylic acids is 1. The number of ether oxygens (including phenoxy) is 3. The van der Waals surface area contributed by atoms with E-state index < -0.39 is 23.7 Å². The van der Waals surface area contributed by atoms with Gasteiger partial charge >= 0.3 is 12.1 Å². The van der Waals surface area contributed by atoms with Crippen LogP contribution in [-0.2, 0) is 16.0 Å². The monoisotopic (exact) mass is 353 g/mol. The fourth-order valence-corrected chi connectivity index (χ4v) is 2.12. The second-order valence-electron chi connectivity index (χ2n) is 6.86. The van der Waals surface area contributed by atoms with Crippen molar-refractivity contribution in [2.45, 2.75) is 58.8 Å². The molecule has 1 aromatic rings. The predicted molar refractivity (Wildman–Crippen MR) is 93.3 cm³/mol. The summed E-state index contributed by atoms with van der Waals surface area (Å²) in [5.74, 6) is -0.186. The molecule has 2 N–H and O–H groups in total. The zero-order valence-corrected chi connectivity index (χ0v) is 15.6. The highest BCUT2D eigenvalue weighted by Crippen LogP contribution is 2.32. The lowest BCUT2D eigenvalue weighted by molar-refractivity contribution is -0.139. The van der Waals surface area contributed by atoms with Crippen LogP contribution < -0.4 is 14.8 Å². The van der Waals surface area contributed by atoms with Gasteiger partial charge in [-0.2, -0.15) is 0 Å². The molecule has 1 amide bonds. The highest BCUT2D eigenvalue weighted by atomic mass is 16.6. The number of carbonyl (C=O) groups excluding carboxylic acids is 1. The first kappa shape index (κ1) is 20.6. The molecule has 0 aliphatic rings. The minimum atomic E-state index is -1.16. The fourth-order valence-electron chi connectivity index (χ4n) is 2.12. The van der Waals surface area contributed by atoms with Gasteiger partial charge in [0.15, 0.2) is 11.5 Å². The molecule has 0 aromatic heterocycles. The first-order valence-corrected chi connectivity index (χ1v) is 8.08. The van der Waals surface area contributed by atoms with Crippen LogP contribution in [-0.4, -0.2) is 42.0 Å². The van der Waals surface area contributed by atoms with Crippen LogP contribution in [0.1, 0.15) is 40.2 Å². The molecule has 0 radical (unpaired) electrons. The first-order valence-electron chi connectivity index (χ1n) is 8.08. The SMILES string of the molecule is COc1cccc(CC(NC(=O)OC(C)(C)C)C(=O)O)c1OC(C)C. The summed E-state index contributed by atoms with van der Waals surface area (Å²) in [6.45, 7) is 8.85. The number of alkyl carbamates (subject to hydrolysis) is 1. The highest BCUT2D eigenvalue weighted by Gasteiger charge is 2.26. The molecular weight excluding hydrogens is 326 g/mol. The van der Waals surface area contributed by atoms with E-state index in [1.165, 1.54) is 7.11 Å². The van der Waals surface area contributed by atoms with Crippen molar-refractivity contribution in [3.63, 3.8) is 0 Å². The van der Waals surface area contributed by atoms with Gasteiger partial charge in [0.1, 0.15) is 11.6 Å². The molecule has 0 aliphatic heterocycles. The van der Waals surface area contributed by atoms with Crippen LogP contribution >= 0.6 is 0 Å². The number of methoxy groups -OCH3 is 1. The maximum absolute atomic E-state index is 11.9. The molecule has 1 aromatic carbocycles. The molecule has 0 fully saturated rings. The van der Waals surface area contributed by atoms with Crippen molar-refractivity contribution in [1.29, 1.82) is 0 Å². The van der Waals surface area contributed by atoms with E-state index in [4.69, 9.17) is 14.2 Å². The molecule has 7 heteroatoms. The molecule has 1 atom stereocenters. The molecule has 1 unspecified atom stereocenters. The Bertz CT molecular complexity index is 606. The van der Waals surface area contributed by atoms with Crippen LogP contribution in [0.25, 0.3) is 0 Å². The molecule has 0 saturated carbocycles. The Morgan fingerprint density at radius 2 is 1.88 bits per heavy atom. The standard InChI is InChI=1S/C18H27NO6/c1-11(2)24-15-12(8-7-9-14(15)23-6)10-13(16(20)21)19-17(22)25-18(3,4)5/h7-9,11,13H,10H2,1-6H3,(H,19,22)(H,20,21). The molecule has 0 aliphatic carbocycles. The summed E-state index contributed by atoms with van der Waals surface area (Å²) in [5, 5.41) is 11.8. The molecule has 140 valence electrons. The summed E-state index contributed by atoms with van der Waals surface area (Å²) < 4.78 is 16.2. The zero-order valence-electron chi connectivity index (χ0n) is 15.6. The summed E-state index contributed by atoms with van der Waals surface area (Å²) in [7, 11) is 1.51. The molecule has 0 heterocycles. The van der Waals surface area contributed by atoms with Gasteiger partial charge in [-0.05, 0) is 40.7 Å². The zero-order chi connectivity index (χ0) is 19.2. The maximum Gasteiger partial charge on any atom is 0.408 e. The van der Waals surface area contributed by atoms with Crippen molar-refractivity contribution in [1.82, 2.24) is 5.32 Å². The molecule has 0 saturated heterocycles. The number of amides is 1. The summed E-state index contributed by atoms with van der Waals surface area (Å²) in [6.07, 6.45) is -0.861. The lowest BCUT2D eigenvalue weighted by Crippen LogP contribution is -2.44. The highest BCUT2D eigenvalue weighted by molar-refractivity contribution is 5.80. The van der Waals surface area contributed by atoms with Gasteiger partial charge in [-0.25, -0.2) is 9.59 Å². The van der Waals surface area contributed by atoms with E-state index in [9.17, 15) is 14.7 Å². The molecular formula is C18H27NO6. The van der Waals surface area contributed by atoms with Crippen LogP contribution in [0.3, 0.4) is 0 Å². The lowest BCUT2D eigenvalue weighted by atomic mass is 10.0. The third-order valence-electron chi connectivity index (χ3n) is 3.05. The number of carboxylic acid groups (broad SMARTS) is 1. The van der Waals surface area contributed by atoms with Gasteiger partial charge in [0.05, 0.1) is 13.2 Å². The van der Waals surface area contributed by atoms with E-state index in [2.05, 4.69) is 5.32 Å². The van der Waals surface area contributed by atoms with Gasteiger partial charge in [0.2, 0.25) is 0 Å². The van der Waals surface area contributed by atoms with Crippen LogP contribution in [0.15, 0.2) is 18.2 Å². The quantitative estimate of drug-likeness (QED) is 0.782. The van der Waals surface area contributed by atoms with Gasteiger partial charge < -0.3 is 24.6 Å². The van der Waals surface area contributed by atoms with E-state index in [0.29, 0.717) is 17.1 Å². The van der Waals surface area contributed by atoms with Gasteiger partial charge in [-0.15, -0.1) is 0 Å². The second-order valence-corrected chi connectivity index (χ2v) is 6.86. The number of para-hydroxylation sites is 1. The number of nitrogens with one attached hydrogen (secondary N) is 1. The van der Waals surface area contributed by atoms with Gasteiger partial charge in [0.25, 0.3) is 0 Å². The average Bonchev–Trinajstić information content (AvgIpc) is 2.45. The Balaban J connectivity index is 3.02. The van der Waals surface area contributed by atoms with Crippen LogP contribution in [0.2, 0.25) is 0 Å². The third kappa shape index (κ3) is 6.91. The smallest absolute Gasteiger partial charge is 0.408 e. The minimum Gasteiger partial charge on any atom is -0.493 e. The molecule has 7 nitrogen and oxygen atoms in total. The molecule has 0 bridgehead atoms. The van der Waals surface area contributed by atoms with E-state index in [0.717, 1.165) is 0 Å². The maximum atomic E-state index is 11.9. The average molecular weight is 353 g/mol. The van der Waals surface area contributed by atoms with Gasteiger partial charge in [0, 0.05) is 12.0 Å². The number of hydrogen-bond donors (Lipinski definition) is 2. The number of carbonyl (C=O) groups is 2. The van der Waals surface area contributed by atoms with E-state index in [-0.39, 0.29) is 12.5 Å². The summed E-state index contributed by atoms with van der Waals surface area (Å²) >= 11 is 0. The fraction of sp³-hybridized carbons (Fsp3) is 0.556. The number of hydrogen-bond acceptors (Lipinski definition) is 5. The first-order chi connectivity index (χ1) is 11.5. The van der Waals surface area contributed by atoms with E-state index >= 15 is 0 Å². The molecule has 0 spiro atoms. The Morgan fingerprint density at radius 3 is 2.36 bits per heavy atom. The Morgan fingerprint density at radius 1 is 1.24 bits per heavy atom. The normalized spacial score (nSPS) is 12.4. The molecule has 1 rings (SSSR count). The number of rotatable bonds is 7. The topological polar surface area (TPSA) is 94.1 Å². The number of benzene rings is 1. The van der Waals surface area contributed by atoms with Gasteiger partial charge in [-0.1, -0.05) is 12.1 Å². The third-order valence-corrected chi connectivity index (χ3v) is 3.05. The Kier molecular flexibility index (Phi) is 7.09. The largest absolute Gasteiger partial charge is 0.493 e. The van der Waals surface area contributed by atoms with Crippen LogP contribution in [0.5, 0.6) is 11.5 Å². The summed E-state index contributed by atoms with van der Waals surface area (Å²) in [4.78, 5) is 23.4. The van der Waals surface area contributed by atoms with Crippen molar-refractivity contribution in [2.75, 3.05) is 7.11 Å². The minimum absolute atomic E-state index is 0.0355. The summed E-state index contributed by atoms with van der Waals surface area (Å²) in [5.41, 5.74) is -0.0915. The summed E-state index contributed by atoms with van der Waals surface area (Å²) in [6, 6.07) is 4.07. The number of carboxylic acids is 1. The van der Waals surface area contributed by atoms with E-state index in [1.807, 2.05) is 13.8 Å². The lowest BCUT2D eigenvalue weighted by Gasteiger charge is -2.23. The van der Waals surface area contributed by atoms with E-state index in [1.54, 1.807) is 39.0 Å². The molecule has 25 heavy (non-hydrogen) atoms. The Labute approximate surface area is 148 Å². The van der Waals surface area contributed by atoms with Crippen molar-refractivity contribution in [3.8, 4) is 11.5 Å². The second kappa shape index (κ2) is 8.60. The van der Waals surface area contributed by atoms with Crippen LogP contribution in [0, 0.1) is 0 Å². The van der Waals surface area contributed by atoms with Crippen molar-refractivity contribution in [3.05, 3.63) is 23.8 Å². The van der Waals surface area contributed by atoms with Gasteiger partial charge in [-0.3, -0.25) is 0 Å². The van der Waals surface area contributed by atoms with Crippen molar-refractivity contribution < 1.29 is 28.9 Å². The van der Waals surface area contributed by atoms with Crippen LogP contribution in [0.4, 0.5) is 4.79 Å². The van der Waals surface area contributed by atoms with Crippen molar-refractivity contribution in [2.24, 2.45) is 0 Å². The van der Waals surface area contributed by atoms with Crippen molar-refractivity contribution >= 4 is 12.1 Å². The predicted octanol–water partition coefficient (Wildman–Crippen LogP) is 3.00. The Hall–Kier alpha value is -2.44.